The third-order valence-corrected chi connectivity index (χ3v) is 18.0. The van der Waals surface area contributed by atoms with Crippen molar-refractivity contribution in [3.8, 4) is 23.0 Å². The molecule has 0 saturated carbocycles. The Kier molecular flexibility index (Phi) is 19.1. The summed E-state index contributed by atoms with van der Waals surface area (Å²) in [7, 11) is 12.4. The molecule has 5 aromatic carbocycles. The first kappa shape index (κ1) is 57.4. The molecule has 79 heavy (non-hydrogen) atoms. The Labute approximate surface area is 473 Å². The van der Waals surface area contributed by atoms with Crippen LogP contribution in [-0.2, 0) is 45.1 Å². The highest BCUT2D eigenvalue weighted by Gasteiger charge is 2.41. The molecule has 2 atom stereocenters. The highest BCUT2D eigenvalue weighted by Crippen LogP contribution is 2.45. The molecular weight excluding hydrogens is 1040 g/mol. The van der Waals surface area contributed by atoms with Crippen molar-refractivity contribution in [2.45, 2.75) is 76.5 Å². The Hall–Kier alpha value is -6.31. The van der Waals surface area contributed by atoms with E-state index in [1.165, 1.54) is 11.1 Å². The van der Waals surface area contributed by atoms with Crippen LogP contribution in [0.5, 0.6) is 23.0 Å². The van der Waals surface area contributed by atoms with Crippen LogP contribution in [0.2, 0.25) is 0 Å². The lowest BCUT2D eigenvalue weighted by Gasteiger charge is -2.34. The molecule has 4 aliphatic rings. The number of amides is 3. The number of anilines is 5. The first-order valence-corrected chi connectivity index (χ1v) is 29.7. The zero-order valence-electron chi connectivity index (χ0n) is 47.0. The van der Waals surface area contributed by atoms with Gasteiger partial charge in [-0.1, -0.05) is 64.9 Å². The molecule has 4 heterocycles. The van der Waals surface area contributed by atoms with Crippen LogP contribution in [0.3, 0.4) is 0 Å². The molecule has 16 nitrogen and oxygen atoms in total. The number of nitrogens with zero attached hydrogens (tertiary/aromatic N) is 5. The van der Waals surface area contributed by atoms with Crippen LogP contribution in [0.25, 0.3) is 0 Å². The second-order valence-corrected chi connectivity index (χ2v) is 24.2. The smallest absolute Gasteiger partial charge is 0.260 e. The highest BCUT2D eigenvalue weighted by molar-refractivity contribution is 8.77. The summed E-state index contributed by atoms with van der Waals surface area (Å²) >= 11 is 0. The van der Waals surface area contributed by atoms with Crippen LogP contribution in [0.4, 0.5) is 28.4 Å². The minimum absolute atomic E-state index is 0.00677. The number of hydrogen-bond donors (Lipinski definition) is 1. The number of hydrogen-bond acceptors (Lipinski definition) is 15. The van der Waals surface area contributed by atoms with Crippen molar-refractivity contribution < 1.29 is 47.5 Å². The summed E-state index contributed by atoms with van der Waals surface area (Å²) in [6.07, 6.45) is 2.92. The van der Waals surface area contributed by atoms with Crippen LogP contribution in [0.15, 0.2) is 91.0 Å². The molecule has 9 rings (SSSR count). The Bertz CT molecular complexity index is 2800. The molecule has 5 aromatic rings. The predicted octanol–water partition coefficient (Wildman–Crippen LogP) is 9.47. The number of nitrogens with one attached hydrogen (secondary N) is 1. The first-order valence-electron chi connectivity index (χ1n) is 27.3. The van der Waals surface area contributed by atoms with Gasteiger partial charge in [-0.3, -0.25) is 14.4 Å². The van der Waals surface area contributed by atoms with Gasteiger partial charge in [0.15, 0.2) is 23.0 Å². The number of likely N-dealkylation sites (N-methyl/N-ethyl adjacent to an activating group) is 2. The fraction of sp³-hybridized carbons (Fsp3) is 0.459. The van der Waals surface area contributed by atoms with E-state index in [2.05, 4.69) is 71.1 Å². The monoisotopic (exact) mass is 1120 g/mol. The van der Waals surface area contributed by atoms with E-state index >= 15 is 0 Å². The van der Waals surface area contributed by atoms with E-state index in [0.717, 1.165) is 58.8 Å². The molecule has 0 aromatic heterocycles. The number of rotatable bonds is 27. The van der Waals surface area contributed by atoms with Gasteiger partial charge < -0.3 is 63.0 Å². The van der Waals surface area contributed by atoms with Gasteiger partial charge in [0, 0.05) is 100 Å². The van der Waals surface area contributed by atoms with E-state index in [4.69, 9.17) is 33.2 Å². The van der Waals surface area contributed by atoms with Crippen molar-refractivity contribution in [1.82, 2.24) is 5.32 Å². The number of carbonyl (C=O) groups excluding carboxylic acids is 3. The number of ether oxygens (including phenoxy) is 7. The molecule has 18 heteroatoms. The summed E-state index contributed by atoms with van der Waals surface area (Å²) in [4.78, 5) is 51.9. The van der Waals surface area contributed by atoms with Crippen LogP contribution < -0.4 is 48.8 Å². The van der Waals surface area contributed by atoms with E-state index < -0.39 is 0 Å². The Balaban J connectivity index is 1.01. The Morgan fingerprint density at radius 3 is 1.71 bits per heavy atom. The van der Waals surface area contributed by atoms with Crippen molar-refractivity contribution in [2.24, 2.45) is 0 Å². The maximum absolute atomic E-state index is 14.4. The third kappa shape index (κ3) is 13.5. The van der Waals surface area contributed by atoms with Gasteiger partial charge in [0.2, 0.25) is 5.91 Å². The summed E-state index contributed by atoms with van der Waals surface area (Å²) < 4.78 is 42.3. The molecule has 0 aliphatic carbocycles. The summed E-state index contributed by atoms with van der Waals surface area (Å²) in [5, 5.41) is 2.99. The summed E-state index contributed by atoms with van der Waals surface area (Å²) in [5.74, 6) is 2.57. The van der Waals surface area contributed by atoms with Gasteiger partial charge in [-0.25, -0.2) is 0 Å². The maximum atomic E-state index is 14.4. The number of carbonyl (C=O) groups is 3. The second kappa shape index (κ2) is 26.3. The molecule has 422 valence electrons. The Morgan fingerprint density at radius 1 is 0.671 bits per heavy atom. The van der Waals surface area contributed by atoms with Gasteiger partial charge in [-0.15, -0.1) is 0 Å². The fourth-order valence-corrected chi connectivity index (χ4v) is 13.5. The lowest BCUT2D eigenvalue weighted by molar-refractivity contribution is -0.120. The molecule has 0 radical (unpaired) electrons. The molecular formula is C61H76N6O10S2. The first-order chi connectivity index (χ1) is 38.3. The van der Waals surface area contributed by atoms with Crippen LogP contribution in [-0.4, -0.2) is 141 Å². The number of para-hydroxylation sites is 2. The van der Waals surface area contributed by atoms with E-state index in [0.29, 0.717) is 112 Å². The normalized spacial score (nSPS) is 16.3. The van der Waals surface area contributed by atoms with Gasteiger partial charge in [0.1, 0.15) is 13.2 Å². The predicted molar refractivity (Wildman–Crippen MR) is 317 cm³/mol. The van der Waals surface area contributed by atoms with E-state index in [1.807, 2.05) is 84.6 Å². The number of fused-ring (bicyclic) bond motifs is 8. The van der Waals surface area contributed by atoms with Gasteiger partial charge >= 0.3 is 0 Å². The fourth-order valence-electron chi connectivity index (χ4n) is 11.0. The number of benzene rings is 5. The average Bonchev–Trinajstić information content (AvgIpc) is 3.98. The molecule has 0 fully saturated rings. The van der Waals surface area contributed by atoms with Crippen LogP contribution in [0.1, 0.15) is 76.6 Å². The van der Waals surface area contributed by atoms with Gasteiger partial charge in [-0.2, -0.15) is 0 Å². The topological polar surface area (TPSA) is 144 Å². The summed E-state index contributed by atoms with van der Waals surface area (Å²) in [6.45, 7) is 12.4. The summed E-state index contributed by atoms with van der Waals surface area (Å²) in [6, 6.07) is 30.1. The standard InChI is InChI=1S/C61H76N6O10S2/c1-9-19-62-58(68)18-26-78-79-61(2,3)40-65(20-21-74-24-25-75-23-22-71-6)45-28-41(38-76-56-34-52-48(32-54(56)72-7)59(69)66-46(36-63(52)4)30-43-14-10-12-16-50(43)66)27-42(29-45)39-77-57-35-53-49(33-55(57)73-8)60(70)67-47(37-64(53)5)31-44-15-11-13-17-51(44)67/h10-17,27-29,32-35,46-47H,9,18-26,30-31,36-40H2,1-8H3,(H,62,68)/t46-,47-/m0/s1. The molecule has 0 unspecified atom stereocenters. The maximum Gasteiger partial charge on any atom is 0.260 e. The van der Waals surface area contributed by atoms with Crippen LogP contribution in [0, 0.1) is 0 Å². The summed E-state index contributed by atoms with van der Waals surface area (Å²) in [5.41, 5.74) is 9.61. The van der Waals surface area contributed by atoms with Gasteiger partial charge in [-0.05, 0) is 97.8 Å². The molecule has 0 bridgehead atoms. The average molecular weight is 1120 g/mol. The van der Waals surface area contributed by atoms with Crippen molar-refractivity contribution in [2.75, 3.05) is 131 Å². The molecule has 0 saturated heterocycles. The molecule has 0 spiro atoms. The zero-order chi connectivity index (χ0) is 55.6. The van der Waals surface area contributed by atoms with Crippen molar-refractivity contribution in [3.05, 3.63) is 124 Å². The SMILES string of the molecule is CCCNC(=O)CCSSC(C)(C)CN(CCOCCOCCOC)c1cc(COc2cc3c(cc2OC)C(=O)N2c4ccccc4C[C@H]2CN3C)cc(COc2cc3c(cc2OC)C(=O)N2c4ccccc4C[C@H]2CN3C)c1. The lowest BCUT2D eigenvalue weighted by Crippen LogP contribution is -2.41. The highest BCUT2D eigenvalue weighted by atomic mass is 33.1. The molecule has 4 aliphatic heterocycles. The van der Waals surface area contributed by atoms with Crippen molar-refractivity contribution in [1.29, 1.82) is 0 Å². The van der Waals surface area contributed by atoms with Crippen LogP contribution >= 0.6 is 21.6 Å². The van der Waals surface area contributed by atoms with E-state index in [1.54, 1.807) is 42.9 Å². The van der Waals surface area contributed by atoms with Gasteiger partial charge in [0.25, 0.3) is 11.8 Å². The lowest BCUT2D eigenvalue weighted by atomic mass is 10.1. The second-order valence-electron chi connectivity index (χ2n) is 21.1. The number of methoxy groups -OCH3 is 3. The largest absolute Gasteiger partial charge is 0.493 e. The minimum Gasteiger partial charge on any atom is -0.493 e. The minimum atomic E-state index is -0.261. The molecule has 1 N–H and O–H groups in total. The van der Waals surface area contributed by atoms with Crippen molar-refractivity contribution in [3.63, 3.8) is 0 Å². The van der Waals surface area contributed by atoms with Crippen molar-refractivity contribution >= 4 is 67.7 Å². The van der Waals surface area contributed by atoms with E-state index in [9.17, 15) is 14.4 Å². The van der Waals surface area contributed by atoms with Gasteiger partial charge in [0.05, 0.1) is 81.8 Å². The third-order valence-electron chi connectivity index (χ3n) is 14.7. The molecule has 3 amide bonds. The van der Waals surface area contributed by atoms with E-state index in [-0.39, 0.29) is 47.8 Å². The quantitative estimate of drug-likeness (QED) is 0.0394. The zero-order valence-corrected chi connectivity index (χ0v) is 48.6. The Morgan fingerprint density at radius 2 is 1.19 bits per heavy atom.